The van der Waals surface area contributed by atoms with E-state index < -0.39 is 12.0 Å². The molecule has 5 nitrogen and oxygen atoms in total. The summed E-state index contributed by atoms with van der Waals surface area (Å²) < 4.78 is 5.07. The molecule has 20 heavy (non-hydrogen) atoms. The molecule has 2 atom stereocenters. The highest BCUT2D eigenvalue weighted by Crippen LogP contribution is 2.33. The average molecular weight is 277 g/mol. The molecule has 1 aliphatic carbocycles. The normalized spacial score (nSPS) is 17.1. The van der Waals surface area contributed by atoms with Crippen LogP contribution in [0.5, 0.6) is 5.75 Å². The van der Waals surface area contributed by atoms with Gasteiger partial charge in [-0.3, -0.25) is 4.79 Å². The number of carbonyl (C=O) groups excluding carboxylic acids is 1. The van der Waals surface area contributed by atoms with Crippen molar-refractivity contribution in [3.05, 3.63) is 29.8 Å². The van der Waals surface area contributed by atoms with Crippen molar-refractivity contribution in [3.63, 3.8) is 0 Å². The average Bonchev–Trinajstić information content (AvgIpc) is 3.28. The number of methoxy groups -OCH3 is 1. The van der Waals surface area contributed by atoms with Crippen LogP contribution in [0.4, 0.5) is 0 Å². The van der Waals surface area contributed by atoms with Crippen LogP contribution in [0.2, 0.25) is 0 Å². The van der Waals surface area contributed by atoms with Crippen molar-refractivity contribution < 1.29 is 19.4 Å². The van der Waals surface area contributed by atoms with Gasteiger partial charge >= 0.3 is 5.97 Å². The summed E-state index contributed by atoms with van der Waals surface area (Å²) in [5, 5.41) is 11.8. The first kappa shape index (κ1) is 14.4. The van der Waals surface area contributed by atoms with E-state index in [9.17, 15) is 9.59 Å². The molecule has 0 saturated heterocycles. The summed E-state index contributed by atoms with van der Waals surface area (Å²) >= 11 is 0. The van der Waals surface area contributed by atoms with Gasteiger partial charge in [-0.25, -0.2) is 4.79 Å². The van der Waals surface area contributed by atoms with E-state index in [-0.39, 0.29) is 17.7 Å². The second kappa shape index (κ2) is 5.94. The van der Waals surface area contributed by atoms with E-state index >= 15 is 0 Å². The van der Waals surface area contributed by atoms with E-state index in [1.165, 1.54) is 0 Å². The Morgan fingerprint density at radius 1 is 1.30 bits per heavy atom. The number of ether oxygens (including phenoxy) is 1. The number of nitrogens with one attached hydrogen (secondary N) is 1. The van der Waals surface area contributed by atoms with Gasteiger partial charge in [-0.2, -0.15) is 0 Å². The van der Waals surface area contributed by atoms with Gasteiger partial charge in [0.1, 0.15) is 11.8 Å². The number of carbonyl (C=O) groups is 2. The predicted octanol–water partition coefficient (Wildman–Crippen LogP) is 1.78. The Bertz CT molecular complexity index is 493. The molecule has 2 N–H and O–H groups in total. The third-order valence-corrected chi connectivity index (χ3v) is 3.67. The minimum Gasteiger partial charge on any atom is -0.497 e. The summed E-state index contributed by atoms with van der Waals surface area (Å²) in [5.41, 5.74) is 0.836. The fourth-order valence-electron chi connectivity index (χ4n) is 2.13. The number of carboxylic acids is 1. The number of carboxylic acid groups (broad SMARTS) is 1. The van der Waals surface area contributed by atoms with Gasteiger partial charge < -0.3 is 15.2 Å². The number of benzene rings is 1. The lowest BCUT2D eigenvalue weighted by molar-refractivity contribution is -0.142. The maximum absolute atomic E-state index is 12.1. The molecule has 1 saturated carbocycles. The summed E-state index contributed by atoms with van der Waals surface area (Å²) in [5.74, 6) is -0.791. The Balaban J connectivity index is 2.01. The number of hydrogen-bond acceptors (Lipinski definition) is 3. The number of rotatable bonds is 6. The lowest BCUT2D eigenvalue weighted by Gasteiger charge is -2.17. The van der Waals surface area contributed by atoms with Gasteiger partial charge in [0.25, 0.3) is 0 Å². The molecule has 2 unspecified atom stereocenters. The van der Waals surface area contributed by atoms with Crippen LogP contribution in [0, 0.1) is 5.92 Å². The van der Waals surface area contributed by atoms with Crippen molar-refractivity contribution in [1.29, 1.82) is 0 Å². The summed E-state index contributed by atoms with van der Waals surface area (Å²) in [6.45, 7) is 1.77. The molecule has 0 spiro atoms. The van der Waals surface area contributed by atoms with Gasteiger partial charge in [0.05, 0.1) is 13.0 Å². The molecule has 2 rings (SSSR count). The van der Waals surface area contributed by atoms with E-state index in [0.717, 1.165) is 24.2 Å². The van der Waals surface area contributed by atoms with Gasteiger partial charge in [-0.05, 0) is 43.4 Å². The zero-order valence-electron chi connectivity index (χ0n) is 11.6. The quantitative estimate of drug-likeness (QED) is 0.831. The van der Waals surface area contributed by atoms with Gasteiger partial charge in [-0.15, -0.1) is 0 Å². The van der Waals surface area contributed by atoms with Gasteiger partial charge in [0.2, 0.25) is 5.91 Å². The van der Waals surface area contributed by atoms with E-state index in [1.54, 1.807) is 26.2 Å². The SMILES string of the molecule is COc1ccc(C(C)C(=O)NC(C(=O)O)C2CC2)cc1. The van der Waals surface area contributed by atoms with E-state index in [1.807, 2.05) is 12.1 Å². The van der Waals surface area contributed by atoms with Crippen LogP contribution in [0.15, 0.2) is 24.3 Å². The molecule has 0 aromatic heterocycles. The first-order valence-electron chi connectivity index (χ1n) is 6.70. The van der Waals surface area contributed by atoms with Crippen LogP contribution in [0.25, 0.3) is 0 Å². The molecule has 1 fully saturated rings. The minimum atomic E-state index is -0.956. The standard InChI is InChI=1S/C15H19NO4/c1-9(10-5-7-12(20-2)8-6-10)14(17)16-13(15(18)19)11-3-4-11/h5-9,11,13H,3-4H2,1-2H3,(H,16,17)(H,18,19). The number of hydrogen-bond donors (Lipinski definition) is 2. The van der Waals surface area contributed by atoms with Crippen molar-refractivity contribution in [2.75, 3.05) is 7.11 Å². The van der Waals surface area contributed by atoms with Crippen molar-refractivity contribution in [3.8, 4) is 5.75 Å². The monoisotopic (exact) mass is 277 g/mol. The van der Waals surface area contributed by atoms with E-state index in [2.05, 4.69) is 5.32 Å². The first-order chi connectivity index (χ1) is 9.52. The Kier molecular flexibility index (Phi) is 4.27. The van der Waals surface area contributed by atoms with Crippen molar-refractivity contribution in [2.45, 2.75) is 31.7 Å². The lowest BCUT2D eigenvalue weighted by Crippen LogP contribution is -2.44. The highest BCUT2D eigenvalue weighted by atomic mass is 16.5. The largest absolute Gasteiger partial charge is 0.497 e. The molecule has 0 radical (unpaired) electrons. The van der Waals surface area contributed by atoms with Crippen LogP contribution >= 0.6 is 0 Å². The Hall–Kier alpha value is -2.04. The third kappa shape index (κ3) is 3.29. The minimum absolute atomic E-state index is 0.0829. The maximum atomic E-state index is 12.1. The van der Waals surface area contributed by atoms with Crippen LogP contribution in [0.3, 0.4) is 0 Å². The van der Waals surface area contributed by atoms with Crippen LogP contribution < -0.4 is 10.1 Å². The predicted molar refractivity (Wildman–Crippen MR) is 73.7 cm³/mol. The van der Waals surface area contributed by atoms with Crippen LogP contribution in [0.1, 0.15) is 31.2 Å². The molecule has 108 valence electrons. The van der Waals surface area contributed by atoms with Crippen molar-refractivity contribution >= 4 is 11.9 Å². The van der Waals surface area contributed by atoms with Gasteiger partial charge in [0, 0.05) is 0 Å². The van der Waals surface area contributed by atoms with Gasteiger partial charge in [0.15, 0.2) is 0 Å². The fourth-order valence-corrected chi connectivity index (χ4v) is 2.13. The Morgan fingerprint density at radius 3 is 2.35 bits per heavy atom. The molecule has 1 amide bonds. The zero-order chi connectivity index (χ0) is 14.7. The Morgan fingerprint density at radius 2 is 1.90 bits per heavy atom. The van der Waals surface area contributed by atoms with Gasteiger partial charge in [-0.1, -0.05) is 12.1 Å². The summed E-state index contributed by atoms with van der Waals surface area (Å²) in [6.07, 6.45) is 1.74. The molecule has 1 aliphatic rings. The second-order valence-electron chi connectivity index (χ2n) is 5.16. The molecule has 0 bridgehead atoms. The van der Waals surface area contributed by atoms with Crippen LogP contribution in [-0.4, -0.2) is 30.1 Å². The molecule has 0 heterocycles. The molecule has 1 aromatic carbocycles. The Labute approximate surface area is 117 Å². The lowest BCUT2D eigenvalue weighted by atomic mass is 9.99. The highest BCUT2D eigenvalue weighted by Gasteiger charge is 2.37. The fraction of sp³-hybridized carbons (Fsp3) is 0.467. The molecule has 0 aliphatic heterocycles. The summed E-state index contributed by atoms with van der Waals surface area (Å²) in [6, 6.07) is 6.44. The molecule has 5 heteroatoms. The molecular formula is C15H19NO4. The van der Waals surface area contributed by atoms with E-state index in [4.69, 9.17) is 9.84 Å². The molecule has 1 aromatic rings. The summed E-state index contributed by atoms with van der Waals surface area (Å²) in [4.78, 5) is 23.3. The van der Waals surface area contributed by atoms with Crippen LogP contribution in [-0.2, 0) is 9.59 Å². The number of aliphatic carboxylic acids is 1. The molecular weight excluding hydrogens is 258 g/mol. The summed E-state index contributed by atoms with van der Waals surface area (Å²) in [7, 11) is 1.58. The first-order valence-corrected chi connectivity index (χ1v) is 6.70. The van der Waals surface area contributed by atoms with Crippen molar-refractivity contribution in [1.82, 2.24) is 5.32 Å². The van der Waals surface area contributed by atoms with E-state index in [0.29, 0.717) is 0 Å². The highest BCUT2D eigenvalue weighted by molar-refractivity contribution is 5.88. The second-order valence-corrected chi connectivity index (χ2v) is 5.16. The number of amides is 1. The smallest absolute Gasteiger partial charge is 0.326 e. The zero-order valence-corrected chi connectivity index (χ0v) is 11.6. The van der Waals surface area contributed by atoms with Crippen molar-refractivity contribution in [2.24, 2.45) is 5.92 Å². The maximum Gasteiger partial charge on any atom is 0.326 e. The third-order valence-electron chi connectivity index (χ3n) is 3.67. The topological polar surface area (TPSA) is 75.6 Å².